The van der Waals surface area contributed by atoms with Crippen LogP contribution in [0.25, 0.3) is 11.1 Å². The van der Waals surface area contributed by atoms with Crippen LogP contribution in [0.15, 0.2) is 78.9 Å². The first kappa shape index (κ1) is 15.3. The number of carbonyl (C=O) groups excluding carboxylic acids is 1. The summed E-state index contributed by atoms with van der Waals surface area (Å²) in [4.78, 5) is 10.1. The summed E-state index contributed by atoms with van der Waals surface area (Å²) in [6, 6.07) is 24.9. The highest BCUT2D eigenvalue weighted by molar-refractivity contribution is 5.83. The smallest absolute Gasteiger partial charge is 0.157 e. The Labute approximate surface area is 129 Å². The zero-order chi connectivity index (χ0) is 15.8. The molecule has 0 aliphatic carbocycles. The molecule has 0 aliphatic heterocycles. The molecule has 0 aliphatic rings. The fraction of sp³-hybridized carbons (Fsp3) is 0. The molecule has 3 heteroatoms. The summed E-state index contributed by atoms with van der Waals surface area (Å²) in [6.45, 7) is 0. The van der Waals surface area contributed by atoms with Crippen LogP contribution in [-0.4, -0.2) is 16.5 Å². The summed E-state index contributed by atoms with van der Waals surface area (Å²) >= 11 is 0. The Balaban J connectivity index is 0.000000164. The Morgan fingerprint density at radius 3 is 1.32 bits per heavy atom. The highest BCUT2D eigenvalue weighted by Gasteiger charge is 2.02. The van der Waals surface area contributed by atoms with Gasteiger partial charge in [-0.25, -0.2) is 0 Å². The van der Waals surface area contributed by atoms with Gasteiger partial charge in [0, 0.05) is 0 Å². The Morgan fingerprint density at radius 1 is 0.591 bits per heavy atom. The van der Waals surface area contributed by atoms with Crippen LogP contribution in [0.3, 0.4) is 0 Å². The van der Waals surface area contributed by atoms with Crippen molar-refractivity contribution in [1.29, 1.82) is 0 Å². The first-order valence-corrected chi connectivity index (χ1v) is 6.79. The van der Waals surface area contributed by atoms with Crippen molar-refractivity contribution in [1.82, 2.24) is 0 Å². The van der Waals surface area contributed by atoms with E-state index >= 15 is 0 Å². The highest BCUT2D eigenvalue weighted by atomic mass is 16.3. The Kier molecular flexibility index (Phi) is 5.32. The van der Waals surface area contributed by atoms with Crippen molar-refractivity contribution in [3.63, 3.8) is 0 Å². The van der Waals surface area contributed by atoms with E-state index in [1.54, 1.807) is 0 Å². The van der Waals surface area contributed by atoms with Crippen molar-refractivity contribution in [2.75, 3.05) is 0 Å². The van der Waals surface area contributed by atoms with E-state index in [-0.39, 0.29) is 17.1 Å². The molecule has 0 aromatic heterocycles. The van der Waals surface area contributed by atoms with Crippen LogP contribution >= 0.6 is 0 Å². The maximum atomic E-state index is 10.1. The first-order valence-electron chi connectivity index (χ1n) is 6.79. The first-order chi connectivity index (χ1) is 10.7. The van der Waals surface area contributed by atoms with E-state index < -0.39 is 0 Å². The number of hydrogen-bond donors (Lipinski definition) is 2. The topological polar surface area (TPSA) is 57.5 Å². The van der Waals surface area contributed by atoms with Crippen LogP contribution in [0.5, 0.6) is 11.5 Å². The number of rotatable bonds is 2. The molecule has 3 aromatic rings. The normalized spacial score (nSPS) is 9.45. The lowest BCUT2D eigenvalue weighted by atomic mass is 10.1. The maximum absolute atomic E-state index is 10.1. The lowest BCUT2D eigenvalue weighted by Crippen LogP contribution is -1.80. The van der Waals surface area contributed by atoms with Crippen molar-refractivity contribution >= 4 is 6.29 Å². The van der Waals surface area contributed by atoms with E-state index in [4.69, 9.17) is 10.2 Å². The van der Waals surface area contributed by atoms with Crippen LogP contribution in [0.2, 0.25) is 0 Å². The fourth-order valence-corrected chi connectivity index (χ4v) is 1.92. The lowest BCUT2D eigenvalue weighted by molar-refractivity contribution is 0.111. The van der Waals surface area contributed by atoms with Gasteiger partial charge in [-0.3, -0.25) is 4.79 Å². The van der Waals surface area contributed by atoms with Crippen molar-refractivity contribution in [3.05, 3.63) is 84.4 Å². The van der Waals surface area contributed by atoms with E-state index in [1.165, 1.54) is 29.3 Å². The molecule has 22 heavy (non-hydrogen) atoms. The van der Waals surface area contributed by atoms with Gasteiger partial charge in [-0.15, -0.1) is 0 Å². The summed E-state index contributed by atoms with van der Waals surface area (Å²) in [5.41, 5.74) is 2.48. The molecule has 0 atom stereocenters. The monoisotopic (exact) mass is 292 g/mol. The molecule has 2 N–H and O–H groups in total. The number of aromatic hydroxyl groups is 2. The van der Waals surface area contributed by atoms with Crippen molar-refractivity contribution in [2.24, 2.45) is 0 Å². The van der Waals surface area contributed by atoms with Gasteiger partial charge in [0.1, 0.15) is 11.5 Å². The van der Waals surface area contributed by atoms with Crippen molar-refractivity contribution < 1.29 is 15.0 Å². The molecule has 3 aromatic carbocycles. The molecule has 0 saturated heterocycles. The van der Waals surface area contributed by atoms with Gasteiger partial charge >= 0.3 is 0 Å². The van der Waals surface area contributed by atoms with Crippen LogP contribution in [0.4, 0.5) is 0 Å². The number of phenolic OH excluding ortho intramolecular Hbond substituents is 2. The van der Waals surface area contributed by atoms with Crippen LogP contribution in [0, 0.1) is 0 Å². The minimum atomic E-state index is -0.199. The quantitative estimate of drug-likeness (QED) is 0.694. The zero-order valence-corrected chi connectivity index (χ0v) is 11.9. The second kappa shape index (κ2) is 7.64. The molecule has 0 bridgehead atoms. The Bertz CT molecular complexity index is 664. The standard InChI is InChI=1S/C12H10.C7H6O3/c1-3-7-11(8-4-1)12-9-5-2-6-10-12;8-4-5-6(9)2-1-3-7(5)10/h1-10H;1-4,9-10H. The predicted octanol–water partition coefficient (Wildman–Crippen LogP) is 4.26. The molecule has 0 unspecified atom stereocenters. The van der Waals surface area contributed by atoms with Crippen LogP contribution in [-0.2, 0) is 0 Å². The van der Waals surface area contributed by atoms with Gasteiger partial charge in [-0.2, -0.15) is 0 Å². The van der Waals surface area contributed by atoms with E-state index in [2.05, 4.69) is 48.5 Å². The second-order valence-corrected chi connectivity index (χ2v) is 4.56. The van der Waals surface area contributed by atoms with Crippen molar-refractivity contribution in [2.45, 2.75) is 0 Å². The summed E-state index contributed by atoms with van der Waals surface area (Å²) in [7, 11) is 0. The van der Waals surface area contributed by atoms with Crippen LogP contribution in [0.1, 0.15) is 10.4 Å². The third-order valence-corrected chi connectivity index (χ3v) is 3.06. The molecule has 0 heterocycles. The third kappa shape index (κ3) is 3.96. The Hall–Kier alpha value is -3.07. The summed E-state index contributed by atoms with van der Waals surface area (Å²) in [5.74, 6) is -0.398. The predicted molar refractivity (Wildman–Crippen MR) is 87.0 cm³/mol. The number of hydrogen-bond acceptors (Lipinski definition) is 3. The third-order valence-electron chi connectivity index (χ3n) is 3.06. The highest BCUT2D eigenvalue weighted by Crippen LogP contribution is 2.23. The summed E-state index contributed by atoms with van der Waals surface area (Å²) < 4.78 is 0. The van der Waals surface area contributed by atoms with Crippen LogP contribution < -0.4 is 0 Å². The summed E-state index contributed by atoms with van der Waals surface area (Å²) in [6.07, 6.45) is 0.407. The number of carbonyl (C=O) groups is 1. The summed E-state index contributed by atoms with van der Waals surface area (Å²) in [5, 5.41) is 17.8. The SMILES string of the molecule is O=Cc1c(O)cccc1O.c1ccc(-c2ccccc2)cc1. The second-order valence-electron chi connectivity index (χ2n) is 4.56. The van der Waals surface area contributed by atoms with E-state index in [1.807, 2.05) is 12.1 Å². The molecule has 0 spiro atoms. The maximum Gasteiger partial charge on any atom is 0.157 e. The minimum absolute atomic E-state index is 0.0671. The molecular formula is C19H16O3. The van der Waals surface area contributed by atoms with Gasteiger partial charge in [-0.05, 0) is 23.3 Å². The van der Waals surface area contributed by atoms with Gasteiger partial charge in [0.15, 0.2) is 6.29 Å². The molecule has 3 rings (SSSR count). The molecule has 0 saturated carbocycles. The molecule has 0 fully saturated rings. The molecule has 110 valence electrons. The van der Waals surface area contributed by atoms with E-state index in [9.17, 15) is 4.79 Å². The van der Waals surface area contributed by atoms with E-state index in [0.717, 1.165) is 0 Å². The lowest BCUT2D eigenvalue weighted by Gasteiger charge is -1.98. The molecular weight excluding hydrogens is 276 g/mol. The van der Waals surface area contributed by atoms with Gasteiger partial charge in [-0.1, -0.05) is 66.7 Å². The average molecular weight is 292 g/mol. The molecule has 0 amide bonds. The average Bonchev–Trinajstić information content (AvgIpc) is 2.57. The van der Waals surface area contributed by atoms with E-state index in [0.29, 0.717) is 6.29 Å². The zero-order valence-electron chi connectivity index (χ0n) is 11.9. The number of benzene rings is 3. The largest absolute Gasteiger partial charge is 0.507 e. The van der Waals surface area contributed by atoms with Gasteiger partial charge < -0.3 is 10.2 Å². The van der Waals surface area contributed by atoms with Gasteiger partial charge in [0.2, 0.25) is 0 Å². The van der Waals surface area contributed by atoms with Gasteiger partial charge in [0.25, 0.3) is 0 Å². The Morgan fingerprint density at radius 2 is 1.00 bits per heavy atom. The fourth-order valence-electron chi connectivity index (χ4n) is 1.92. The van der Waals surface area contributed by atoms with Gasteiger partial charge in [0.05, 0.1) is 5.56 Å². The van der Waals surface area contributed by atoms with Crippen molar-refractivity contribution in [3.8, 4) is 22.6 Å². The molecule has 0 radical (unpaired) electrons. The number of aldehydes is 1. The molecule has 3 nitrogen and oxygen atoms in total. The number of phenols is 2. The minimum Gasteiger partial charge on any atom is -0.507 e.